The first-order chi connectivity index (χ1) is 12.4. The fraction of sp³-hybridized carbons (Fsp3) is 0.550. The highest BCUT2D eigenvalue weighted by molar-refractivity contribution is 5.98. The molecule has 0 radical (unpaired) electrons. The van der Waals surface area contributed by atoms with Gasteiger partial charge in [0.15, 0.2) is 5.78 Å². The van der Waals surface area contributed by atoms with Crippen molar-refractivity contribution in [1.29, 1.82) is 0 Å². The van der Waals surface area contributed by atoms with Gasteiger partial charge in [0.25, 0.3) is 0 Å². The van der Waals surface area contributed by atoms with Gasteiger partial charge in [0.05, 0.1) is 12.5 Å². The number of carbonyl (C=O) groups is 3. The molecule has 0 amide bonds. The van der Waals surface area contributed by atoms with Crippen LogP contribution in [0, 0.1) is 11.8 Å². The first-order valence-electron chi connectivity index (χ1n) is 8.96. The van der Waals surface area contributed by atoms with E-state index < -0.39 is 18.0 Å². The summed E-state index contributed by atoms with van der Waals surface area (Å²) < 4.78 is 10.7. The molecular formula is C20H26O6. The van der Waals surface area contributed by atoms with Gasteiger partial charge in [-0.25, -0.2) is 4.79 Å². The van der Waals surface area contributed by atoms with Crippen molar-refractivity contribution in [2.24, 2.45) is 11.8 Å². The lowest BCUT2D eigenvalue weighted by Gasteiger charge is -2.19. The van der Waals surface area contributed by atoms with Crippen molar-refractivity contribution in [1.82, 2.24) is 0 Å². The van der Waals surface area contributed by atoms with Gasteiger partial charge in [-0.15, -0.1) is 0 Å². The van der Waals surface area contributed by atoms with Crippen LogP contribution in [-0.2, 0) is 23.9 Å². The zero-order chi connectivity index (χ0) is 19.3. The monoisotopic (exact) mass is 362 g/mol. The van der Waals surface area contributed by atoms with Crippen LogP contribution in [-0.4, -0.2) is 42.1 Å². The number of allylic oxidation sites excluding steroid dienone is 1. The number of ether oxygens (including phenoxy) is 2. The normalized spacial score (nSPS) is 29.0. The molecule has 1 fully saturated rings. The predicted octanol–water partition coefficient (Wildman–Crippen LogP) is 2.27. The Morgan fingerprint density at radius 2 is 2.19 bits per heavy atom. The Hall–Kier alpha value is -2.21. The van der Waals surface area contributed by atoms with Gasteiger partial charge in [0.2, 0.25) is 0 Å². The molecular weight excluding hydrogens is 336 g/mol. The number of esters is 2. The maximum atomic E-state index is 12.3. The minimum atomic E-state index is -0.603. The van der Waals surface area contributed by atoms with E-state index in [1.807, 2.05) is 13.8 Å². The minimum Gasteiger partial charge on any atom is -0.461 e. The van der Waals surface area contributed by atoms with Gasteiger partial charge in [-0.3, -0.25) is 9.59 Å². The maximum Gasteiger partial charge on any atom is 0.334 e. The lowest BCUT2D eigenvalue weighted by Crippen LogP contribution is -2.22. The molecule has 0 unspecified atom stereocenters. The third-order valence-electron chi connectivity index (χ3n) is 4.95. The first kappa shape index (κ1) is 20.1. The van der Waals surface area contributed by atoms with E-state index in [-0.39, 0.29) is 42.9 Å². The summed E-state index contributed by atoms with van der Waals surface area (Å²) in [7, 11) is 0. The number of rotatable bonds is 5. The van der Waals surface area contributed by atoms with Crippen LogP contribution in [0.4, 0.5) is 0 Å². The molecule has 2 aliphatic rings. The Morgan fingerprint density at radius 1 is 1.46 bits per heavy atom. The average molecular weight is 362 g/mol. The number of ketones is 1. The zero-order valence-electron chi connectivity index (χ0n) is 15.3. The van der Waals surface area contributed by atoms with Crippen LogP contribution in [0.15, 0.2) is 35.5 Å². The molecule has 1 saturated heterocycles. The van der Waals surface area contributed by atoms with E-state index in [2.05, 4.69) is 6.58 Å². The molecule has 0 saturated carbocycles. The van der Waals surface area contributed by atoms with Gasteiger partial charge in [-0.2, -0.15) is 0 Å². The third-order valence-corrected chi connectivity index (χ3v) is 4.95. The molecule has 6 heteroatoms. The quantitative estimate of drug-likeness (QED) is 0.458. The van der Waals surface area contributed by atoms with Crippen LogP contribution in [0.5, 0.6) is 0 Å². The summed E-state index contributed by atoms with van der Waals surface area (Å²) in [6.45, 7) is 7.24. The van der Waals surface area contributed by atoms with Gasteiger partial charge >= 0.3 is 11.9 Å². The van der Waals surface area contributed by atoms with Gasteiger partial charge in [-0.05, 0) is 30.9 Å². The van der Waals surface area contributed by atoms with Crippen molar-refractivity contribution < 1.29 is 29.0 Å². The second-order valence-electron chi connectivity index (χ2n) is 6.80. The third kappa shape index (κ3) is 4.69. The highest BCUT2D eigenvalue weighted by Crippen LogP contribution is 2.33. The Bertz CT molecular complexity index is 657. The molecule has 0 spiro atoms. The summed E-state index contributed by atoms with van der Waals surface area (Å²) in [5.41, 5.74) is 1.41. The summed E-state index contributed by atoms with van der Waals surface area (Å²) >= 11 is 0. The van der Waals surface area contributed by atoms with Gasteiger partial charge in [0, 0.05) is 23.5 Å². The minimum absolute atomic E-state index is 0.0536. The van der Waals surface area contributed by atoms with E-state index in [4.69, 9.17) is 9.47 Å². The largest absolute Gasteiger partial charge is 0.461 e. The molecule has 0 aromatic rings. The van der Waals surface area contributed by atoms with Crippen LogP contribution in [0.1, 0.15) is 39.5 Å². The highest BCUT2D eigenvalue weighted by Gasteiger charge is 2.39. The Labute approximate surface area is 153 Å². The van der Waals surface area contributed by atoms with E-state index in [9.17, 15) is 19.5 Å². The number of aliphatic hydroxyl groups excluding tert-OH is 1. The van der Waals surface area contributed by atoms with Crippen molar-refractivity contribution >= 4 is 17.7 Å². The summed E-state index contributed by atoms with van der Waals surface area (Å²) in [6, 6.07) is 0. The Balaban J connectivity index is 2.22. The Kier molecular flexibility index (Phi) is 6.91. The molecule has 26 heavy (non-hydrogen) atoms. The molecule has 0 aromatic carbocycles. The lowest BCUT2D eigenvalue weighted by molar-refractivity contribution is -0.147. The molecule has 1 aliphatic heterocycles. The smallest absolute Gasteiger partial charge is 0.334 e. The molecule has 6 nitrogen and oxygen atoms in total. The summed E-state index contributed by atoms with van der Waals surface area (Å²) in [5, 5.41) is 9.44. The molecule has 3 atom stereocenters. The summed E-state index contributed by atoms with van der Waals surface area (Å²) in [5.74, 6) is -1.64. The van der Waals surface area contributed by atoms with Crippen molar-refractivity contribution in [3.05, 3.63) is 35.5 Å². The van der Waals surface area contributed by atoms with Crippen molar-refractivity contribution in [3.8, 4) is 0 Å². The summed E-state index contributed by atoms with van der Waals surface area (Å²) in [4.78, 5) is 36.1. The van der Waals surface area contributed by atoms with Crippen LogP contribution < -0.4 is 0 Å². The molecule has 1 N–H and O–H groups in total. The molecule has 0 aromatic heterocycles. The SMILES string of the molecule is C=C1C(=O)O[C@@H]2/C=C(\COC(=O)[C@H](C)CC)CC/C=C(\CO)C(=O)C[C@@H]12. The number of carbonyl (C=O) groups excluding carboxylic acids is 3. The lowest BCUT2D eigenvalue weighted by atomic mass is 9.87. The number of fused-ring (bicyclic) bond motifs is 1. The van der Waals surface area contributed by atoms with Crippen molar-refractivity contribution in [3.63, 3.8) is 0 Å². The fourth-order valence-corrected chi connectivity index (χ4v) is 2.96. The molecule has 1 aliphatic carbocycles. The van der Waals surface area contributed by atoms with Gasteiger partial charge in [-0.1, -0.05) is 26.5 Å². The zero-order valence-corrected chi connectivity index (χ0v) is 15.3. The molecule has 0 bridgehead atoms. The molecule has 1 heterocycles. The van der Waals surface area contributed by atoms with Gasteiger partial charge < -0.3 is 14.6 Å². The number of Topliss-reactive ketones (excluding diaryl/α,β-unsaturated/α-hetero) is 1. The first-order valence-corrected chi connectivity index (χ1v) is 8.96. The standard InChI is InChI=1S/C20H26O6/c1-4-12(2)19(23)25-11-14-6-5-7-15(10-21)17(22)9-16-13(3)20(24)26-18(16)8-14/h7-8,12,16,18,21H,3-6,9-11H2,1-2H3/b14-8-,15-7+/t12-,16+,18-/m1/s1. The van der Waals surface area contributed by atoms with E-state index in [0.29, 0.717) is 24.8 Å². The van der Waals surface area contributed by atoms with E-state index in [1.54, 1.807) is 12.2 Å². The fourth-order valence-electron chi connectivity index (χ4n) is 2.96. The van der Waals surface area contributed by atoms with Crippen LogP contribution in [0.25, 0.3) is 0 Å². The van der Waals surface area contributed by atoms with Gasteiger partial charge in [0.1, 0.15) is 12.7 Å². The Morgan fingerprint density at radius 3 is 2.85 bits per heavy atom. The highest BCUT2D eigenvalue weighted by atomic mass is 16.6. The number of hydrogen-bond donors (Lipinski definition) is 1. The molecule has 142 valence electrons. The molecule has 2 rings (SSSR count). The predicted molar refractivity (Wildman–Crippen MR) is 95.0 cm³/mol. The van der Waals surface area contributed by atoms with Crippen LogP contribution in [0.2, 0.25) is 0 Å². The maximum absolute atomic E-state index is 12.3. The summed E-state index contributed by atoms with van der Waals surface area (Å²) in [6.07, 6.45) is 4.69. The van der Waals surface area contributed by atoms with Crippen molar-refractivity contribution in [2.75, 3.05) is 13.2 Å². The average Bonchev–Trinajstić information content (AvgIpc) is 2.89. The number of hydrogen-bond acceptors (Lipinski definition) is 6. The van der Waals surface area contributed by atoms with Crippen LogP contribution in [0.3, 0.4) is 0 Å². The van der Waals surface area contributed by atoms with E-state index in [1.165, 1.54) is 0 Å². The number of aliphatic hydroxyl groups is 1. The van der Waals surface area contributed by atoms with Crippen molar-refractivity contribution in [2.45, 2.75) is 45.6 Å². The van der Waals surface area contributed by atoms with E-state index in [0.717, 1.165) is 5.57 Å². The topological polar surface area (TPSA) is 89.9 Å². The van der Waals surface area contributed by atoms with E-state index >= 15 is 0 Å². The second kappa shape index (κ2) is 8.94. The second-order valence-corrected chi connectivity index (χ2v) is 6.80. The van der Waals surface area contributed by atoms with Crippen LogP contribution >= 0.6 is 0 Å².